The summed E-state index contributed by atoms with van der Waals surface area (Å²) in [5, 5.41) is 11.7. The largest absolute Gasteiger partial charge is 0.480 e. The third-order valence-corrected chi connectivity index (χ3v) is 7.64. The first kappa shape index (κ1) is 25.1. The van der Waals surface area contributed by atoms with Crippen LogP contribution in [0.4, 0.5) is 0 Å². The van der Waals surface area contributed by atoms with Gasteiger partial charge in [0.25, 0.3) is 5.91 Å². The number of halogens is 2. The van der Waals surface area contributed by atoms with Gasteiger partial charge in [-0.2, -0.15) is 0 Å². The number of nitrogens with zero attached hydrogens (tertiary/aromatic N) is 1. The minimum absolute atomic E-state index is 0.0898. The topological polar surface area (TPSA) is 70.8 Å². The van der Waals surface area contributed by atoms with Crippen LogP contribution in [0.3, 0.4) is 0 Å². The Bertz CT molecular complexity index is 1540. The van der Waals surface area contributed by atoms with E-state index < -0.39 is 17.9 Å². The SMILES string of the molecule is O=C(O)[C@@H](Cc1ccccc1)N(Cc1ccc(-c2cc3ccccc3o2)s1)C(=O)c1ccc(Cl)cc1Cl. The molecule has 3 aromatic carbocycles. The lowest BCUT2D eigenvalue weighted by atomic mass is 10.0. The standard InChI is InChI=1S/C29H21Cl2NO4S/c30-20-10-12-22(23(31)16-20)28(33)32(24(29(34)35)14-18-6-2-1-3-7-18)17-21-11-13-27(37-21)26-15-19-8-4-5-9-25(19)36-26/h1-13,15-16,24H,14,17H2,(H,34,35)/t24-/m1/s1. The zero-order valence-corrected chi connectivity index (χ0v) is 21.8. The highest BCUT2D eigenvalue weighted by molar-refractivity contribution is 7.15. The number of carboxylic acid groups (broad SMARTS) is 1. The number of amides is 1. The first-order valence-corrected chi connectivity index (χ1v) is 13.1. The lowest BCUT2D eigenvalue weighted by molar-refractivity contribution is -0.142. The van der Waals surface area contributed by atoms with Gasteiger partial charge >= 0.3 is 5.97 Å². The van der Waals surface area contributed by atoms with Crippen LogP contribution < -0.4 is 0 Å². The molecule has 5 nitrogen and oxygen atoms in total. The molecule has 2 aromatic heterocycles. The average Bonchev–Trinajstić information content (AvgIpc) is 3.53. The molecule has 0 spiro atoms. The van der Waals surface area contributed by atoms with Crippen molar-refractivity contribution in [3.8, 4) is 10.6 Å². The van der Waals surface area contributed by atoms with Crippen LogP contribution in [-0.2, 0) is 17.8 Å². The quantitative estimate of drug-likeness (QED) is 0.214. The number of hydrogen-bond acceptors (Lipinski definition) is 4. The molecule has 1 amide bonds. The van der Waals surface area contributed by atoms with E-state index in [-0.39, 0.29) is 23.6 Å². The number of carbonyl (C=O) groups is 2. The summed E-state index contributed by atoms with van der Waals surface area (Å²) in [7, 11) is 0. The smallest absolute Gasteiger partial charge is 0.326 e. The summed E-state index contributed by atoms with van der Waals surface area (Å²) in [6.07, 6.45) is 0.148. The van der Waals surface area contributed by atoms with Crippen molar-refractivity contribution in [2.45, 2.75) is 19.0 Å². The molecule has 0 saturated heterocycles. The van der Waals surface area contributed by atoms with Gasteiger partial charge in [-0.1, -0.05) is 71.7 Å². The van der Waals surface area contributed by atoms with Crippen molar-refractivity contribution in [3.63, 3.8) is 0 Å². The molecule has 37 heavy (non-hydrogen) atoms. The minimum Gasteiger partial charge on any atom is -0.480 e. The molecule has 8 heteroatoms. The number of rotatable bonds is 8. The number of hydrogen-bond donors (Lipinski definition) is 1. The highest BCUT2D eigenvalue weighted by Gasteiger charge is 2.32. The van der Waals surface area contributed by atoms with Gasteiger partial charge in [0.2, 0.25) is 0 Å². The molecule has 5 aromatic rings. The molecule has 0 radical (unpaired) electrons. The van der Waals surface area contributed by atoms with Gasteiger partial charge in [-0.05, 0) is 48.0 Å². The molecule has 0 unspecified atom stereocenters. The molecule has 186 valence electrons. The zero-order chi connectivity index (χ0) is 25.9. The number of carbonyl (C=O) groups excluding carboxylic acids is 1. The molecule has 2 heterocycles. The summed E-state index contributed by atoms with van der Waals surface area (Å²) in [5.41, 5.74) is 1.79. The molecule has 0 aliphatic heterocycles. The maximum Gasteiger partial charge on any atom is 0.326 e. The summed E-state index contributed by atoms with van der Waals surface area (Å²) >= 11 is 13.8. The van der Waals surface area contributed by atoms with Gasteiger partial charge in [0.05, 0.1) is 22.0 Å². The maximum atomic E-state index is 13.7. The summed E-state index contributed by atoms with van der Waals surface area (Å²) in [6, 6.07) is 26.2. The van der Waals surface area contributed by atoms with Crippen molar-refractivity contribution in [1.82, 2.24) is 4.90 Å². The molecule has 5 rings (SSSR count). The maximum absolute atomic E-state index is 13.7. The Balaban J connectivity index is 1.50. The third-order valence-electron chi connectivity index (χ3n) is 6.01. The number of para-hydroxylation sites is 1. The molecule has 1 N–H and O–H groups in total. The summed E-state index contributed by atoms with van der Waals surface area (Å²) in [6.45, 7) is 0.0898. The zero-order valence-electron chi connectivity index (χ0n) is 19.4. The van der Waals surface area contributed by atoms with E-state index in [2.05, 4.69) is 0 Å². The van der Waals surface area contributed by atoms with E-state index >= 15 is 0 Å². The van der Waals surface area contributed by atoms with Crippen LogP contribution in [0.1, 0.15) is 20.8 Å². The van der Waals surface area contributed by atoms with E-state index in [4.69, 9.17) is 27.6 Å². The fourth-order valence-electron chi connectivity index (χ4n) is 4.18. The summed E-state index contributed by atoms with van der Waals surface area (Å²) in [4.78, 5) is 29.3. The van der Waals surface area contributed by atoms with Crippen molar-refractivity contribution in [2.75, 3.05) is 0 Å². The predicted octanol–water partition coefficient (Wildman–Crippen LogP) is 7.81. The van der Waals surface area contributed by atoms with Crippen LogP contribution in [0.25, 0.3) is 21.6 Å². The highest BCUT2D eigenvalue weighted by atomic mass is 35.5. The predicted molar refractivity (Wildman–Crippen MR) is 147 cm³/mol. The van der Waals surface area contributed by atoms with Crippen molar-refractivity contribution in [3.05, 3.63) is 117 Å². The second-order valence-corrected chi connectivity index (χ2v) is 10.5. The Labute approximate surface area is 227 Å². The van der Waals surface area contributed by atoms with Gasteiger partial charge in [-0.3, -0.25) is 4.79 Å². The average molecular weight is 550 g/mol. The first-order valence-electron chi connectivity index (χ1n) is 11.5. The van der Waals surface area contributed by atoms with Crippen LogP contribution in [-0.4, -0.2) is 27.9 Å². The van der Waals surface area contributed by atoms with Crippen LogP contribution in [0.5, 0.6) is 0 Å². The van der Waals surface area contributed by atoms with Crippen molar-refractivity contribution in [1.29, 1.82) is 0 Å². The molecular weight excluding hydrogens is 529 g/mol. The van der Waals surface area contributed by atoms with E-state index in [0.717, 1.165) is 32.0 Å². The van der Waals surface area contributed by atoms with Crippen LogP contribution in [0.15, 0.2) is 95.4 Å². The number of carboxylic acids is 1. The van der Waals surface area contributed by atoms with Crippen molar-refractivity contribution < 1.29 is 19.1 Å². The number of aliphatic carboxylic acids is 1. The number of benzene rings is 3. The summed E-state index contributed by atoms with van der Waals surface area (Å²) in [5.74, 6) is -0.866. The van der Waals surface area contributed by atoms with Gasteiger partial charge in [-0.25, -0.2) is 4.79 Å². The molecule has 0 aliphatic carbocycles. The monoisotopic (exact) mass is 549 g/mol. The van der Waals surface area contributed by atoms with Gasteiger partial charge in [0.15, 0.2) is 0 Å². The van der Waals surface area contributed by atoms with Crippen LogP contribution in [0, 0.1) is 0 Å². The third kappa shape index (κ3) is 5.57. The Hall–Kier alpha value is -3.58. The van der Waals surface area contributed by atoms with Gasteiger partial charge in [-0.15, -0.1) is 11.3 Å². The number of furan rings is 1. The summed E-state index contributed by atoms with van der Waals surface area (Å²) < 4.78 is 5.99. The fraction of sp³-hybridized carbons (Fsp3) is 0.103. The van der Waals surface area contributed by atoms with Crippen LogP contribution >= 0.6 is 34.5 Å². The van der Waals surface area contributed by atoms with Crippen LogP contribution in [0.2, 0.25) is 10.0 Å². The molecule has 0 aliphatic rings. The lowest BCUT2D eigenvalue weighted by Gasteiger charge is -2.29. The van der Waals surface area contributed by atoms with E-state index in [9.17, 15) is 14.7 Å². The number of fused-ring (bicyclic) bond motifs is 1. The van der Waals surface area contributed by atoms with E-state index in [1.54, 1.807) is 6.07 Å². The molecule has 1 atom stereocenters. The minimum atomic E-state index is -1.11. The normalized spacial score (nSPS) is 11.9. The van der Waals surface area contributed by atoms with Gasteiger partial charge < -0.3 is 14.4 Å². The molecule has 0 saturated carbocycles. The second kappa shape index (κ2) is 10.8. The van der Waals surface area contributed by atoms with E-state index in [1.807, 2.05) is 72.8 Å². The fourth-order valence-corrected chi connectivity index (χ4v) is 5.62. The first-order chi connectivity index (χ1) is 17.9. The van der Waals surface area contributed by atoms with Gasteiger partial charge in [0, 0.05) is 21.7 Å². The highest BCUT2D eigenvalue weighted by Crippen LogP contribution is 2.34. The van der Waals surface area contributed by atoms with E-state index in [0.29, 0.717) is 5.02 Å². The Kier molecular flexibility index (Phi) is 7.33. The molecular formula is C29H21Cl2NO4S. The lowest BCUT2D eigenvalue weighted by Crippen LogP contribution is -2.46. The molecule has 0 fully saturated rings. The Morgan fingerprint density at radius 2 is 1.68 bits per heavy atom. The van der Waals surface area contributed by atoms with Crippen molar-refractivity contribution >= 4 is 57.4 Å². The number of thiophene rings is 1. The Morgan fingerprint density at radius 3 is 2.41 bits per heavy atom. The van der Waals surface area contributed by atoms with Gasteiger partial charge in [0.1, 0.15) is 17.4 Å². The van der Waals surface area contributed by atoms with Crippen molar-refractivity contribution in [2.24, 2.45) is 0 Å². The van der Waals surface area contributed by atoms with E-state index in [1.165, 1.54) is 28.4 Å². The Morgan fingerprint density at radius 1 is 0.919 bits per heavy atom. The second-order valence-electron chi connectivity index (χ2n) is 8.52. The molecule has 0 bridgehead atoms.